The average molecular weight is 276 g/mol. The highest BCUT2D eigenvalue weighted by Gasteiger charge is 2.29. The predicted molar refractivity (Wildman–Crippen MR) is 59.0 cm³/mol. The van der Waals surface area contributed by atoms with Gasteiger partial charge in [0.2, 0.25) is 0 Å². The summed E-state index contributed by atoms with van der Waals surface area (Å²) < 4.78 is 30.2. The fourth-order valence-corrected chi connectivity index (χ4v) is 1.50. The van der Waals surface area contributed by atoms with Crippen molar-refractivity contribution in [3.05, 3.63) is 37.8 Å². The smallest absolute Gasteiger partial charge is 0.310 e. The molecule has 0 saturated carbocycles. The number of nitrogens with zero attached hydrogens (tertiary/aromatic N) is 1. The first-order valence-electron chi connectivity index (χ1n) is 5.21. The number of carbonyl (C=O) groups is 1. The zero-order valence-corrected chi connectivity index (χ0v) is 9.81. The number of nitro groups is 1. The lowest BCUT2D eigenvalue weighted by molar-refractivity contribution is -0.386. The number of alkyl halides is 2. The summed E-state index contributed by atoms with van der Waals surface area (Å²) in [4.78, 5) is 34.2. The van der Waals surface area contributed by atoms with E-state index in [1.165, 1.54) is 6.92 Å². The van der Waals surface area contributed by atoms with Gasteiger partial charge in [0.05, 0.1) is 24.1 Å². The number of hydrogen-bond acceptors (Lipinski definition) is 5. The van der Waals surface area contributed by atoms with Crippen molar-refractivity contribution in [3.63, 3.8) is 0 Å². The van der Waals surface area contributed by atoms with Gasteiger partial charge in [0.1, 0.15) is 5.56 Å². The third-order valence-electron chi connectivity index (χ3n) is 2.26. The Balaban J connectivity index is 3.35. The van der Waals surface area contributed by atoms with Crippen LogP contribution in [0.4, 0.5) is 14.5 Å². The minimum absolute atomic E-state index is 0.00960. The number of halogens is 2. The molecule has 0 spiro atoms. The number of pyridine rings is 1. The quantitative estimate of drug-likeness (QED) is 0.496. The molecule has 0 aliphatic heterocycles. The van der Waals surface area contributed by atoms with Crippen molar-refractivity contribution in [1.29, 1.82) is 0 Å². The maximum atomic E-state index is 12.9. The molecule has 104 valence electrons. The lowest BCUT2D eigenvalue weighted by atomic mass is 10.1. The number of H-pyrrole nitrogens is 1. The van der Waals surface area contributed by atoms with Gasteiger partial charge in [0.15, 0.2) is 0 Å². The second kappa shape index (κ2) is 6.03. The fraction of sp³-hybridized carbons (Fsp3) is 0.400. The van der Waals surface area contributed by atoms with E-state index < -0.39 is 46.1 Å². The van der Waals surface area contributed by atoms with Crippen LogP contribution < -0.4 is 5.56 Å². The Morgan fingerprint density at radius 3 is 2.68 bits per heavy atom. The fourth-order valence-electron chi connectivity index (χ4n) is 1.50. The molecule has 0 atom stereocenters. The topological polar surface area (TPSA) is 102 Å². The third-order valence-corrected chi connectivity index (χ3v) is 2.26. The molecule has 0 saturated heterocycles. The van der Waals surface area contributed by atoms with Crippen molar-refractivity contribution >= 4 is 11.7 Å². The van der Waals surface area contributed by atoms with Crippen molar-refractivity contribution in [2.24, 2.45) is 0 Å². The molecule has 1 rings (SSSR count). The van der Waals surface area contributed by atoms with E-state index in [2.05, 4.69) is 4.74 Å². The summed E-state index contributed by atoms with van der Waals surface area (Å²) in [7, 11) is 0. The highest BCUT2D eigenvalue weighted by Crippen LogP contribution is 2.29. The van der Waals surface area contributed by atoms with E-state index in [-0.39, 0.29) is 6.61 Å². The van der Waals surface area contributed by atoms with Crippen LogP contribution in [0.1, 0.15) is 24.5 Å². The normalized spacial score (nSPS) is 10.5. The molecule has 0 unspecified atom stereocenters. The number of aromatic amines is 1. The molecule has 0 aliphatic rings. The van der Waals surface area contributed by atoms with Gasteiger partial charge in [0, 0.05) is 5.56 Å². The van der Waals surface area contributed by atoms with Crippen LogP contribution >= 0.6 is 0 Å². The second-order valence-electron chi connectivity index (χ2n) is 3.43. The van der Waals surface area contributed by atoms with E-state index in [1.54, 1.807) is 0 Å². The molecule has 1 N–H and O–H groups in total. The minimum atomic E-state index is -3.24. The molecule has 7 nitrogen and oxygen atoms in total. The van der Waals surface area contributed by atoms with E-state index in [0.717, 1.165) is 0 Å². The van der Waals surface area contributed by atoms with Crippen LogP contribution in [0.5, 0.6) is 0 Å². The van der Waals surface area contributed by atoms with Crippen LogP contribution in [0.2, 0.25) is 0 Å². The molecule has 0 aromatic carbocycles. The van der Waals surface area contributed by atoms with Crippen LogP contribution in [0.25, 0.3) is 0 Å². The van der Waals surface area contributed by atoms with E-state index in [0.29, 0.717) is 6.20 Å². The summed E-state index contributed by atoms with van der Waals surface area (Å²) in [5.74, 6) is -0.907. The number of carbonyl (C=O) groups excluding carboxylic acids is 1. The number of aromatic nitrogens is 1. The maximum absolute atomic E-state index is 12.9. The summed E-state index contributed by atoms with van der Waals surface area (Å²) in [6.45, 7) is 1.51. The van der Waals surface area contributed by atoms with Gasteiger partial charge in [0.25, 0.3) is 17.7 Å². The SMILES string of the molecule is CCOC(=O)Cc1c(C(F)F)c([N+](=O)[O-])c[nH]c1=O. The van der Waals surface area contributed by atoms with Gasteiger partial charge in [-0.1, -0.05) is 0 Å². The predicted octanol–water partition coefficient (Wildman–Crippen LogP) is 1.33. The van der Waals surface area contributed by atoms with Crippen LogP contribution in [-0.4, -0.2) is 22.5 Å². The Morgan fingerprint density at radius 2 is 2.21 bits per heavy atom. The molecule has 19 heavy (non-hydrogen) atoms. The number of hydrogen-bond donors (Lipinski definition) is 1. The number of ether oxygens (including phenoxy) is 1. The minimum Gasteiger partial charge on any atom is -0.466 e. The first-order chi connectivity index (χ1) is 8.88. The van der Waals surface area contributed by atoms with Crippen LogP contribution in [-0.2, 0) is 16.0 Å². The summed E-state index contributed by atoms with van der Waals surface area (Å²) in [5.41, 5.74) is -3.62. The molecule has 0 aliphatic carbocycles. The molecular weight excluding hydrogens is 266 g/mol. The lowest BCUT2D eigenvalue weighted by Gasteiger charge is -2.07. The number of esters is 1. The Hall–Kier alpha value is -2.32. The van der Waals surface area contributed by atoms with Crippen molar-refractivity contribution in [3.8, 4) is 0 Å². The van der Waals surface area contributed by atoms with E-state index >= 15 is 0 Å². The zero-order valence-electron chi connectivity index (χ0n) is 9.81. The lowest BCUT2D eigenvalue weighted by Crippen LogP contribution is -2.21. The first kappa shape index (κ1) is 14.7. The van der Waals surface area contributed by atoms with Crippen LogP contribution in [0.3, 0.4) is 0 Å². The van der Waals surface area contributed by atoms with Crippen molar-refractivity contribution < 1.29 is 23.2 Å². The molecule has 0 radical (unpaired) electrons. The second-order valence-corrected chi connectivity index (χ2v) is 3.43. The monoisotopic (exact) mass is 276 g/mol. The number of nitrogens with one attached hydrogen (secondary N) is 1. The standard InChI is InChI=1S/C10H10F2N2O5/c1-2-19-7(15)3-5-8(9(11)12)6(14(17)18)4-13-10(5)16/h4,9H,2-3H2,1H3,(H,13,16). The summed E-state index contributed by atoms with van der Waals surface area (Å²) in [5, 5.41) is 10.6. The van der Waals surface area contributed by atoms with Gasteiger partial charge in [-0.3, -0.25) is 19.7 Å². The first-order valence-corrected chi connectivity index (χ1v) is 5.21. The third kappa shape index (κ3) is 3.33. The molecule has 1 heterocycles. The van der Waals surface area contributed by atoms with Crippen molar-refractivity contribution in [2.75, 3.05) is 6.61 Å². The molecule has 1 aromatic heterocycles. The van der Waals surface area contributed by atoms with Gasteiger partial charge < -0.3 is 9.72 Å². The summed E-state index contributed by atoms with van der Waals surface area (Å²) in [6.07, 6.45) is -3.41. The van der Waals surface area contributed by atoms with Gasteiger partial charge in [-0.2, -0.15) is 0 Å². The Morgan fingerprint density at radius 1 is 1.58 bits per heavy atom. The molecule has 0 bridgehead atoms. The van der Waals surface area contributed by atoms with E-state index in [4.69, 9.17) is 0 Å². The Labute approximate surface area is 105 Å². The van der Waals surface area contributed by atoms with E-state index in [9.17, 15) is 28.5 Å². The summed E-state index contributed by atoms with van der Waals surface area (Å²) >= 11 is 0. The summed E-state index contributed by atoms with van der Waals surface area (Å²) in [6, 6.07) is 0. The van der Waals surface area contributed by atoms with Crippen LogP contribution in [0.15, 0.2) is 11.0 Å². The molecular formula is C10H10F2N2O5. The molecule has 9 heteroatoms. The Kier molecular flexibility index (Phi) is 4.67. The molecule has 1 aromatic rings. The van der Waals surface area contributed by atoms with E-state index in [1.807, 2.05) is 4.98 Å². The highest BCUT2D eigenvalue weighted by atomic mass is 19.3. The highest BCUT2D eigenvalue weighted by molar-refractivity contribution is 5.73. The zero-order chi connectivity index (χ0) is 14.6. The maximum Gasteiger partial charge on any atom is 0.310 e. The molecule has 0 amide bonds. The number of rotatable bonds is 5. The van der Waals surface area contributed by atoms with Gasteiger partial charge in [-0.25, -0.2) is 8.78 Å². The van der Waals surface area contributed by atoms with Gasteiger partial charge in [-0.15, -0.1) is 0 Å². The van der Waals surface area contributed by atoms with Crippen molar-refractivity contribution in [1.82, 2.24) is 4.98 Å². The molecule has 0 fully saturated rings. The largest absolute Gasteiger partial charge is 0.466 e. The average Bonchev–Trinajstić information content (AvgIpc) is 2.31. The van der Waals surface area contributed by atoms with Gasteiger partial charge in [-0.05, 0) is 6.92 Å². The Bertz CT molecular complexity index is 555. The van der Waals surface area contributed by atoms with Crippen LogP contribution in [0, 0.1) is 10.1 Å². The van der Waals surface area contributed by atoms with Gasteiger partial charge >= 0.3 is 5.97 Å². The van der Waals surface area contributed by atoms with Crippen molar-refractivity contribution in [2.45, 2.75) is 19.8 Å².